The number of aromatic nitrogens is 5. The lowest BCUT2D eigenvalue weighted by molar-refractivity contribution is 0.358. The summed E-state index contributed by atoms with van der Waals surface area (Å²) in [6.07, 6.45) is 5.56. The van der Waals surface area contributed by atoms with E-state index >= 15 is 0 Å². The maximum Gasteiger partial charge on any atom is 0.138 e. The number of aromatic amines is 1. The molecule has 0 unspecified atom stereocenters. The van der Waals surface area contributed by atoms with Gasteiger partial charge < -0.3 is 10.1 Å². The van der Waals surface area contributed by atoms with Gasteiger partial charge in [-0.2, -0.15) is 10.2 Å². The first-order valence-electron chi connectivity index (χ1n) is 8.10. The fourth-order valence-corrected chi connectivity index (χ4v) is 3.11. The predicted molar refractivity (Wildman–Crippen MR) is 89.5 cm³/mol. The van der Waals surface area contributed by atoms with E-state index in [9.17, 15) is 0 Å². The number of hydrogen-bond acceptors (Lipinski definition) is 5. The van der Waals surface area contributed by atoms with Crippen molar-refractivity contribution < 1.29 is 4.74 Å². The molecule has 0 bridgehead atoms. The van der Waals surface area contributed by atoms with Crippen LogP contribution in [0.4, 0.5) is 0 Å². The molecule has 3 aromatic rings. The number of hydrogen-bond donors (Lipinski definition) is 2. The van der Waals surface area contributed by atoms with Crippen LogP contribution < -0.4 is 10.1 Å². The first-order valence-corrected chi connectivity index (χ1v) is 8.10. The molecule has 0 amide bonds. The van der Waals surface area contributed by atoms with E-state index in [-0.39, 0.29) is 0 Å². The highest BCUT2D eigenvalue weighted by molar-refractivity contribution is 5.63. The van der Waals surface area contributed by atoms with Gasteiger partial charge in [0, 0.05) is 30.1 Å². The molecule has 0 saturated heterocycles. The molecule has 4 rings (SSSR count). The lowest BCUT2D eigenvalue weighted by Crippen LogP contribution is -2.37. The molecule has 0 radical (unpaired) electrons. The molecule has 1 atom stereocenters. The highest BCUT2D eigenvalue weighted by Crippen LogP contribution is 2.24. The molecule has 7 heteroatoms. The second-order valence-corrected chi connectivity index (χ2v) is 5.97. The minimum Gasteiger partial charge on any atom is -0.497 e. The Morgan fingerprint density at radius 1 is 1.33 bits per heavy atom. The van der Waals surface area contributed by atoms with Crippen molar-refractivity contribution in [3.8, 4) is 17.0 Å². The second-order valence-electron chi connectivity index (χ2n) is 5.97. The topological polar surface area (TPSA) is 80.7 Å². The number of benzene rings is 1. The van der Waals surface area contributed by atoms with Gasteiger partial charge in [0.15, 0.2) is 0 Å². The van der Waals surface area contributed by atoms with Crippen LogP contribution in [0.15, 0.2) is 36.8 Å². The van der Waals surface area contributed by atoms with E-state index in [1.807, 2.05) is 35.1 Å². The van der Waals surface area contributed by atoms with Crippen molar-refractivity contribution in [2.45, 2.75) is 32.0 Å². The maximum atomic E-state index is 5.21. The highest BCUT2D eigenvalue weighted by Gasteiger charge is 2.19. The van der Waals surface area contributed by atoms with Crippen molar-refractivity contribution in [3.05, 3.63) is 48.2 Å². The Kier molecular flexibility index (Phi) is 4.00. The first kappa shape index (κ1) is 14.9. The molecule has 1 aliphatic rings. The number of aryl methyl sites for hydroxylation is 1. The zero-order valence-electron chi connectivity index (χ0n) is 13.6. The highest BCUT2D eigenvalue weighted by atomic mass is 16.5. The van der Waals surface area contributed by atoms with Gasteiger partial charge in [-0.1, -0.05) is 0 Å². The number of nitrogens with zero attached hydrogens (tertiary/aromatic N) is 4. The largest absolute Gasteiger partial charge is 0.497 e. The molecule has 0 fully saturated rings. The summed E-state index contributed by atoms with van der Waals surface area (Å²) in [5, 5.41) is 15.2. The fraction of sp³-hybridized carbons (Fsp3) is 0.353. The van der Waals surface area contributed by atoms with Crippen LogP contribution in [-0.4, -0.2) is 38.1 Å². The third-order valence-corrected chi connectivity index (χ3v) is 4.48. The van der Waals surface area contributed by atoms with Crippen molar-refractivity contribution in [2.75, 3.05) is 7.11 Å². The number of nitrogens with one attached hydrogen (secondary N) is 2. The summed E-state index contributed by atoms with van der Waals surface area (Å²) >= 11 is 0. The Morgan fingerprint density at radius 3 is 3.04 bits per heavy atom. The van der Waals surface area contributed by atoms with Crippen LogP contribution in [0.3, 0.4) is 0 Å². The zero-order valence-corrected chi connectivity index (χ0v) is 13.6. The number of ether oxygens (including phenoxy) is 1. The molecular formula is C17H20N6O. The van der Waals surface area contributed by atoms with Gasteiger partial charge in [-0.3, -0.25) is 5.10 Å². The van der Waals surface area contributed by atoms with Crippen LogP contribution >= 0.6 is 0 Å². The SMILES string of the molecule is COc1ccc(-c2[nH]ncc2CN[C@H]2CCc3ncnn3C2)cc1. The zero-order chi connectivity index (χ0) is 16.4. The summed E-state index contributed by atoms with van der Waals surface area (Å²) in [5.74, 6) is 1.93. The predicted octanol–water partition coefficient (Wildman–Crippen LogP) is 1.78. The Bertz CT molecular complexity index is 807. The van der Waals surface area contributed by atoms with Crippen molar-refractivity contribution in [2.24, 2.45) is 0 Å². The summed E-state index contributed by atoms with van der Waals surface area (Å²) < 4.78 is 7.20. The molecule has 0 aliphatic carbocycles. The standard InChI is InChI=1S/C17H20N6O/c1-24-15-5-2-12(3-6-15)17-13(9-20-22-17)8-18-14-4-7-16-19-11-21-23(16)10-14/h2-3,5-6,9,11,14,18H,4,7-8,10H2,1H3,(H,20,22)/t14-/m0/s1. The van der Waals surface area contributed by atoms with Crippen molar-refractivity contribution in [1.82, 2.24) is 30.3 Å². The summed E-state index contributed by atoms with van der Waals surface area (Å²) in [6.45, 7) is 1.64. The second kappa shape index (κ2) is 6.45. The first-order chi connectivity index (χ1) is 11.8. The molecule has 7 nitrogen and oxygen atoms in total. The van der Waals surface area contributed by atoms with Crippen LogP contribution in [0.5, 0.6) is 5.75 Å². The van der Waals surface area contributed by atoms with Crippen LogP contribution in [0, 0.1) is 0 Å². The van der Waals surface area contributed by atoms with E-state index in [0.717, 1.165) is 54.3 Å². The van der Waals surface area contributed by atoms with E-state index in [2.05, 4.69) is 25.6 Å². The summed E-state index contributed by atoms with van der Waals surface area (Å²) in [4.78, 5) is 4.27. The van der Waals surface area contributed by atoms with Gasteiger partial charge in [0.05, 0.1) is 25.5 Å². The molecule has 3 heterocycles. The monoisotopic (exact) mass is 324 g/mol. The van der Waals surface area contributed by atoms with Crippen molar-refractivity contribution >= 4 is 0 Å². The molecule has 1 aromatic carbocycles. The number of rotatable bonds is 5. The number of methoxy groups -OCH3 is 1. The third kappa shape index (κ3) is 2.90. The molecule has 1 aliphatic heterocycles. The Balaban J connectivity index is 1.43. The molecule has 2 N–H and O–H groups in total. The normalized spacial score (nSPS) is 16.8. The van der Waals surface area contributed by atoms with E-state index in [1.54, 1.807) is 13.4 Å². The van der Waals surface area contributed by atoms with E-state index < -0.39 is 0 Å². The smallest absolute Gasteiger partial charge is 0.138 e. The summed E-state index contributed by atoms with van der Waals surface area (Å²) in [5.41, 5.74) is 3.30. The van der Waals surface area contributed by atoms with Crippen LogP contribution in [0.25, 0.3) is 11.3 Å². The van der Waals surface area contributed by atoms with Gasteiger partial charge >= 0.3 is 0 Å². The average Bonchev–Trinajstić information content (AvgIpc) is 3.28. The molecule has 2 aromatic heterocycles. The van der Waals surface area contributed by atoms with Crippen molar-refractivity contribution in [1.29, 1.82) is 0 Å². The maximum absolute atomic E-state index is 5.21. The molecular weight excluding hydrogens is 304 g/mol. The number of fused-ring (bicyclic) bond motifs is 1. The van der Waals surface area contributed by atoms with Crippen LogP contribution in [-0.2, 0) is 19.5 Å². The van der Waals surface area contributed by atoms with Gasteiger partial charge in [-0.15, -0.1) is 0 Å². The van der Waals surface area contributed by atoms with Crippen LogP contribution in [0.1, 0.15) is 17.8 Å². The fourth-order valence-electron chi connectivity index (χ4n) is 3.11. The Labute approximate surface area is 140 Å². The Hall–Kier alpha value is -2.67. The van der Waals surface area contributed by atoms with E-state index in [0.29, 0.717) is 6.04 Å². The van der Waals surface area contributed by atoms with Gasteiger partial charge in [-0.25, -0.2) is 9.67 Å². The van der Waals surface area contributed by atoms with E-state index in [1.165, 1.54) is 0 Å². The summed E-state index contributed by atoms with van der Waals surface area (Å²) in [6, 6.07) is 8.40. The minimum absolute atomic E-state index is 0.401. The quantitative estimate of drug-likeness (QED) is 0.748. The minimum atomic E-state index is 0.401. The van der Waals surface area contributed by atoms with Gasteiger partial charge in [0.1, 0.15) is 17.9 Å². The molecule has 0 spiro atoms. The molecule has 124 valence electrons. The van der Waals surface area contributed by atoms with Gasteiger partial charge in [-0.05, 0) is 30.7 Å². The third-order valence-electron chi connectivity index (χ3n) is 4.48. The summed E-state index contributed by atoms with van der Waals surface area (Å²) in [7, 11) is 1.67. The van der Waals surface area contributed by atoms with E-state index in [4.69, 9.17) is 4.74 Å². The lowest BCUT2D eigenvalue weighted by Gasteiger charge is -2.23. The molecule has 24 heavy (non-hydrogen) atoms. The van der Waals surface area contributed by atoms with Gasteiger partial charge in [0.25, 0.3) is 0 Å². The van der Waals surface area contributed by atoms with Crippen molar-refractivity contribution in [3.63, 3.8) is 0 Å². The number of H-pyrrole nitrogens is 1. The Morgan fingerprint density at radius 2 is 2.21 bits per heavy atom. The van der Waals surface area contributed by atoms with Gasteiger partial charge in [0.2, 0.25) is 0 Å². The average molecular weight is 324 g/mol. The van der Waals surface area contributed by atoms with Crippen LogP contribution in [0.2, 0.25) is 0 Å². The molecule has 0 saturated carbocycles. The lowest BCUT2D eigenvalue weighted by atomic mass is 10.1.